The van der Waals surface area contributed by atoms with Gasteiger partial charge in [0.25, 0.3) is 5.79 Å². The molecule has 1 aliphatic heterocycles. The number of ether oxygens (including phenoxy) is 2. The van der Waals surface area contributed by atoms with E-state index in [1.54, 1.807) is 18.2 Å². The van der Waals surface area contributed by atoms with Crippen molar-refractivity contribution in [3.05, 3.63) is 18.2 Å². The highest BCUT2D eigenvalue weighted by atomic mass is 32.2. The molecule has 1 aromatic carbocycles. The van der Waals surface area contributed by atoms with Gasteiger partial charge in [0.15, 0.2) is 11.5 Å². The Morgan fingerprint density at radius 2 is 1.88 bits per heavy atom. The second kappa shape index (κ2) is 6.60. The van der Waals surface area contributed by atoms with Gasteiger partial charge in [-0.2, -0.15) is 0 Å². The molecular weight excluding hydrogens is 332 g/mol. The first kappa shape index (κ1) is 17.0. The fourth-order valence-corrected chi connectivity index (χ4v) is 3.51. The SMILES string of the molecule is CS(=O)(=O)NCCC(=O)Nc1ccc2c(c1)OC1(CCCCC1)O2. The first-order valence-electron chi connectivity index (χ1n) is 8.12. The maximum absolute atomic E-state index is 11.9. The van der Waals surface area contributed by atoms with Crippen molar-refractivity contribution >= 4 is 21.6 Å². The van der Waals surface area contributed by atoms with Gasteiger partial charge in [-0.25, -0.2) is 13.1 Å². The Balaban J connectivity index is 1.58. The molecule has 0 aromatic heterocycles. The van der Waals surface area contributed by atoms with Crippen molar-refractivity contribution in [3.63, 3.8) is 0 Å². The molecule has 8 heteroatoms. The van der Waals surface area contributed by atoms with E-state index in [4.69, 9.17) is 9.47 Å². The van der Waals surface area contributed by atoms with E-state index < -0.39 is 15.8 Å². The number of benzene rings is 1. The van der Waals surface area contributed by atoms with E-state index in [0.717, 1.165) is 31.9 Å². The molecule has 1 aromatic rings. The van der Waals surface area contributed by atoms with Gasteiger partial charge >= 0.3 is 0 Å². The minimum Gasteiger partial charge on any atom is -0.448 e. The first-order chi connectivity index (χ1) is 11.4. The fraction of sp³-hybridized carbons (Fsp3) is 0.562. The normalized spacial score (nSPS) is 18.5. The van der Waals surface area contributed by atoms with Crippen molar-refractivity contribution in [3.8, 4) is 11.5 Å². The number of nitrogens with one attached hydrogen (secondary N) is 2. The number of hydrogen-bond acceptors (Lipinski definition) is 5. The van der Waals surface area contributed by atoms with Crippen LogP contribution in [0.2, 0.25) is 0 Å². The van der Waals surface area contributed by atoms with Crippen molar-refractivity contribution in [2.45, 2.75) is 44.3 Å². The van der Waals surface area contributed by atoms with Gasteiger partial charge in [-0.15, -0.1) is 0 Å². The average Bonchev–Trinajstić information content (AvgIpc) is 2.83. The van der Waals surface area contributed by atoms with Gasteiger partial charge < -0.3 is 14.8 Å². The van der Waals surface area contributed by atoms with Crippen LogP contribution in [0.4, 0.5) is 5.69 Å². The lowest BCUT2D eigenvalue weighted by atomic mass is 9.94. The van der Waals surface area contributed by atoms with Crippen molar-refractivity contribution in [2.24, 2.45) is 0 Å². The molecule has 1 fully saturated rings. The summed E-state index contributed by atoms with van der Waals surface area (Å²) < 4.78 is 36.2. The second-order valence-corrected chi connectivity index (χ2v) is 8.13. The van der Waals surface area contributed by atoms with Gasteiger partial charge in [0.2, 0.25) is 15.9 Å². The summed E-state index contributed by atoms with van der Waals surface area (Å²) in [5, 5.41) is 2.74. The molecule has 132 valence electrons. The standard InChI is InChI=1S/C16H22N2O5S/c1-24(20,21)17-10-7-15(19)18-12-5-6-13-14(11-12)23-16(22-13)8-3-2-4-9-16/h5-6,11,17H,2-4,7-10H2,1H3,(H,18,19). The van der Waals surface area contributed by atoms with Crippen molar-refractivity contribution in [1.82, 2.24) is 4.72 Å². The van der Waals surface area contributed by atoms with Crippen LogP contribution in [0.5, 0.6) is 11.5 Å². The molecule has 24 heavy (non-hydrogen) atoms. The molecule has 0 unspecified atom stereocenters. The number of rotatable bonds is 5. The van der Waals surface area contributed by atoms with Crippen LogP contribution in [0.3, 0.4) is 0 Å². The van der Waals surface area contributed by atoms with Gasteiger partial charge in [0.05, 0.1) is 6.26 Å². The van der Waals surface area contributed by atoms with E-state index in [0.29, 0.717) is 17.2 Å². The molecule has 2 N–H and O–H groups in total. The molecular formula is C16H22N2O5S. The summed E-state index contributed by atoms with van der Waals surface area (Å²) in [6.45, 7) is 0.0678. The summed E-state index contributed by atoms with van der Waals surface area (Å²) in [6, 6.07) is 5.30. The summed E-state index contributed by atoms with van der Waals surface area (Å²) in [5.74, 6) is 0.540. The molecule has 1 amide bonds. The highest BCUT2D eigenvalue weighted by Gasteiger charge is 2.42. The van der Waals surface area contributed by atoms with Crippen molar-refractivity contribution in [2.75, 3.05) is 18.1 Å². The number of sulfonamides is 1. The molecule has 1 saturated carbocycles. The molecule has 1 aliphatic carbocycles. The molecule has 2 aliphatic rings. The minimum absolute atomic E-state index is 0.0610. The zero-order chi connectivity index (χ0) is 17.2. The van der Waals surface area contributed by atoms with Gasteiger partial charge in [0.1, 0.15) is 0 Å². The second-order valence-electron chi connectivity index (χ2n) is 6.30. The third-order valence-electron chi connectivity index (χ3n) is 4.15. The lowest BCUT2D eigenvalue weighted by molar-refractivity contribution is -0.116. The summed E-state index contributed by atoms with van der Waals surface area (Å²) in [6.07, 6.45) is 6.25. The maximum atomic E-state index is 11.9. The highest BCUT2D eigenvalue weighted by Crippen LogP contribution is 2.46. The lowest BCUT2D eigenvalue weighted by Crippen LogP contribution is -2.40. The van der Waals surface area contributed by atoms with Crippen LogP contribution in [0.1, 0.15) is 38.5 Å². The zero-order valence-corrected chi connectivity index (χ0v) is 14.4. The molecule has 1 heterocycles. The fourth-order valence-electron chi connectivity index (χ4n) is 3.04. The molecule has 1 spiro atoms. The Morgan fingerprint density at radius 1 is 1.17 bits per heavy atom. The number of carbonyl (C=O) groups is 1. The molecule has 0 saturated heterocycles. The molecule has 3 rings (SSSR count). The quantitative estimate of drug-likeness (QED) is 0.843. The lowest BCUT2D eigenvalue weighted by Gasteiger charge is -2.31. The Hall–Kier alpha value is -1.80. The van der Waals surface area contributed by atoms with Gasteiger partial charge in [-0.05, 0) is 25.0 Å². The van der Waals surface area contributed by atoms with Crippen LogP contribution in [-0.2, 0) is 14.8 Å². The number of fused-ring (bicyclic) bond motifs is 1. The smallest absolute Gasteiger partial charge is 0.251 e. The van der Waals surface area contributed by atoms with Crippen LogP contribution in [0.15, 0.2) is 18.2 Å². The average molecular weight is 354 g/mol. The van der Waals surface area contributed by atoms with Gasteiger partial charge in [0, 0.05) is 37.6 Å². The summed E-state index contributed by atoms with van der Waals surface area (Å²) >= 11 is 0. The van der Waals surface area contributed by atoms with Gasteiger partial charge in [-0.1, -0.05) is 6.42 Å². The van der Waals surface area contributed by atoms with E-state index in [1.165, 1.54) is 6.42 Å². The zero-order valence-electron chi connectivity index (χ0n) is 13.6. The van der Waals surface area contributed by atoms with Crippen LogP contribution >= 0.6 is 0 Å². The Labute approximate surface area is 141 Å². The Morgan fingerprint density at radius 3 is 2.58 bits per heavy atom. The minimum atomic E-state index is -3.28. The molecule has 0 radical (unpaired) electrons. The number of hydrogen-bond donors (Lipinski definition) is 2. The number of carbonyl (C=O) groups excluding carboxylic acids is 1. The first-order valence-corrected chi connectivity index (χ1v) is 10.0. The highest BCUT2D eigenvalue weighted by molar-refractivity contribution is 7.88. The van der Waals surface area contributed by atoms with Crippen LogP contribution in [-0.4, -0.2) is 32.9 Å². The monoisotopic (exact) mass is 354 g/mol. The summed E-state index contributed by atoms with van der Waals surface area (Å²) in [5.41, 5.74) is 0.606. The van der Waals surface area contributed by atoms with Crippen LogP contribution in [0.25, 0.3) is 0 Å². The molecule has 0 bridgehead atoms. The van der Waals surface area contributed by atoms with E-state index in [2.05, 4.69) is 10.0 Å². The van der Waals surface area contributed by atoms with Crippen molar-refractivity contribution in [1.29, 1.82) is 0 Å². The van der Waals surface area contributed by atoms with Crippen LogP contribution < -0.4 is 19.5 Å². The summed E-state index contributed by atoms with van der Waals surface area (Å²) in [7, 11) is -3.28. The topological polar surface area (TPSA) is 93.7 Å². The Bertz CT molecular complexity index is 726. The van der Waals surface area contributed by atoms with Crippen LogP contribution in [0, 0.1) is 0 Å². The van der Waals surface area contributed by atoms with Gasteiger partial charge in [-0.3, -0.25) is 4.79 Å². The predicted octanol–water partition coefficient (Wildman–Crippen LogP) is 2.00. The summed E-state index contributed by atoms with van der Waals surface area (Å²) in [4.78, 5) is 11.9. The Kier molecular flexibility index (Phi) is 4.69. The van der Waals surface area contributed by atoms with E-state index in [9.17, 15) is 13.2 Å². The maximum Gasteiger partial charge on any atom is 0.251 e. The van der Waals surface area contributed by atoms with E-state index >= 15 is 0 Å². The largest absolute Gasteiger partial charge is 0.448 e. The molecule has 0 atom stereocenters. The number of amides is 1. The van der Waals surface area contributed by atoms with E-state index in [1.807, 2.05) is 0 Å². The number of anilines is 1. The molecule has 7 nitrogen and oxygen atoms in total. The third-order valence-corrected chi connectivity index (χ3v) is 4.88. The van der Waals surface area contributed by atoms with E-state index in [-0.39, 0.29) is 18.9 Å². The predicted molar refractivity (Wildman–Crippen MR) is 89.6 cm³/mol. The van der Waals surface area contributed by atoms with Crippen molar-refractivity contribution < 1.29 is 22.7 Å². The third kappa shape index (κ3) is 4.18.